The van der Waals surface area contributed by atoms with E-state index in [-0.39, 0.29) is 5.56 Å². The van der Waals surface area contributed by atoms with E-state index in [1.807, 2.05) is 9.80 Å². The van der Waals surface area contributed by atoms with Crippen molar-refractivity contribution in [1.29, 1.82) is 0 Å². The fraction of sp³-hybridized carbons (Fsp3) is 0.278. The molecule has 1 saturated heterocycles. The molecule has 29 heavy (non-hydrogen) atoms. The van der Waals surface area contributed by atoms with Crippen LogP contribution in [-0.2, 0) is 6.18 Å². The van der Waals surface area contributed by atoms with E-state index in [9.17, 15) is 22.4 Å². The minimum Gasteiger partial charge on any atom is -0.366 e. The fourth-order valence-corrected chi connectivity index (χ4v) is 3.30. The van der Waals surface area contributed by atoms with Gasteiger partial charge in [0.2, 0.25) is 5.95 Å². The Bertz CT molecular complexity index is 1050. The first-order valence-corrected chi connectivity index (χ1v) is 8.74. The highest BCUT2D eigenvalue weighted by atomic mass is 19.4. The molecule has 0 saturated carbocycles. The first-order chi connectivity index (χ1) is 13.7. The maximum Gasteiger partial charge on any atom is 0.417 e. The highest BCUT2D eigenvalue weighted by Crippen LogP contribution is 2.30. The number of piperazine rings is 1. The number of hydrogen-bond donors (Lipinski definition) is 2. The molecular weight excluding hydrogens is 392 g/mol. The van der Waals surface area contributed by atoms with Crippen molar-refractivity contribution in [3.63, 3.8) is 0 Å². The Hall–Kier alpha value is -3.37. The van der Waals surface area contributed by atoms with E-state index in [0.717, 1.165) is 18.3 Å². The summed E-state index contributed by atoms with van der Waals surface area (Å²) in [5.74, 6) is -0.445. The number of hydrogen-bond acceptors (Lipinski definition) is 5. The first kappa shape index (κ1) is 19.0. The number of halogens is 4. The van der Waals surface area contributed by atoms with Crippen LogP contribution in [0.25, 0.3) is 11.0 Å². The molecule has 1 aromatic carbocycles. The smallest absolute Gasteiger partial charge is 0.366 e. The van der Waals surface area contributed by atoms with Crippen molar-refractivity contribution in [2.24, 2.45) is 5.73 Å². The number of aromatic amines is 1. The van der Waals surface area contributed by atoms with Gasteiger partial charge in [-0.15, -0.1) is 0 Å². The van der Waals surface area contributed by atoms with Crippen molar-refractivity contribution < 1.29 is 22.4 Å². The molecule has 2 aromatic heterocycles. The second-order valence-electron chi connectivity index (χ2n) is 6.65. The molecule has 1 amide bonds. The van der Waals surface area contributed by atoms with Gasteiger partial charge < -0.3 is 20.5 Å². The van der Waals surface area contributed by atoms with Gasteiger partial charge in [-0.25, -0.2) is 14.4 Å². The number of fused-ring (bicyclic) bond motifs is 1. The number of aromatic nitrogens is 3. The number of nitrogens with one attached hydrogen (secondary N) is 1. The van der Waals surface area contributed by atoms with Crippen molar-refractivity contribution in [1.82, 2.24) is 15.0 Å². The average Bonchev–Trinajstić information content (AvgIpc) is 3.10. The largest absolute Gasteiger partial charge is 0.417 e. The first-order valence-electron chi connectivity index (χ1n) is 8.74. The Morgan fingerprint density at radius 1 is 1.10 bits per heavy atom. The number of carbonyl (C=O) groups excluding carboxylic acids is 1. The molecule has 1 aliphatic rings. The molecule has 1 aliphatic heterocycles. The van der Waals surface area contributed by atoms with Crippen LogP contribution in [-0.4, -0.2) is 47.0 Å². The van der Waals surface area contributed by atoms with Crippen LogP contribution in [0, 0.1) is 5.82 Å². The Labute approximate surface area is 162 Å². The number of primary amides is 1. The highest BCUT2D eigenvalue weighted by Gasteiger charge is 2.31. The van der Waals surface area contributed by atoms with E-state index in [4.69, 9.17) is 5.73 Å². The SMILES string of the molecule is NC(=O)c1cc(F)cc2[nH]c(N3CCN(c4ccc(C(F)(F)F)cn4)CC3)nc12. The van der Waals surface area contributed by atoms with Crippen LogP contribution in [0.2, 0.25) is 0 Å². The monoisotopic (exact) mass is 408 g/mol. The summed E-state index contributed by atoms with van der Waals surface area (Å²) in [6.07, 6.45) is -3.60. The quantitative estimate of drug-likeness (QED) is 0.650. The van der Waals surface area contributed by atoms with Crippen molar-refractivity contribution in [3.8, 4) is 0 Å². The minimum atomic E-state index is -4.42. The van der Waals surface area contributed by atoms with E-state index >= 15 is 0 Å². The van der Waals surface area contributed by atoms with Gasteiger partial charge in [-0.1, -0.05) is 0 Å². The number of nitrogens with two attached hydrogens (primary N) is 1. The molecule has 7 nitrogen and oxygen atoms in total. The second kappa shape index (κ2) is 6.90. The number of benzene rings is 1. The van der Waals surface area contributed by atoms with Crippen molar-refractivity contribution in [2.75, 3.05) is 36.0 Å². The summed E-state index contributed by atoms with van der Waals surface area (Å²) in [4.78, 5) is 26.6. The van der Waals surface area contributed by atoms with Gasteiger partial charge in [-0.05, 0) is 24.3 Å². The molecule has 0 atom stereocenters. The molecule has 3 heterocycles. The van der Waals surface area contributed by atoms with Gasteiger partial charge in [-0.2, -0.15) is 13.2 Å². The molecule has 0 radical (unpaired) electrons. The Morgan fingerprint density at radius 2 is 1.79 bits per heavy atom. The van der Waals surface area contributed by atoms with Crippen LogP contribution in [0.1, 0.15) is 15.9 Å². The van der Waals surface area contributed by atoms with Crippen LogP contribution < -0.4 is 15.5 Å². The van der Waals surface area contributed by atoms with Gasteiger partial charge >= 0.3 is 6.18 Å². The lowest BCUT2D eigenvalue weighted by molar-refractivity contribution is -0.137. The zero-order chi connectivity index (χ0) is 20.8. The lowest BCUT2D eigenvalue weighted by Crippen LogP contribution is -2.47. The van der Waals surface area contributed by atoms with Gasteiger partial charge in [0, 0.05) is 32.4 Å². The molecular formula is C18H16F4N6O. The molecule has 3 aromatic rings. The standard InChI is InChI=1S/C18H16F4N6O/c19-11-7-12(16(23)29)15-13(8-11)25-17(26-15)28-5-3-27(4-6-28)14-2-1-10(9-24-14)18(20,21)22/h1-2,7-9H,3-6H2,(H2,23,29)(H,25,26). The molecule has 0 bridgehead atoms. The van der Waals surface area contributed by atoms with E-state index < -0.39 is 23.5 Å². The fourth-order valence-electron chi connectivity index (χ4n) is 3.30. The number of rotatable bonds is 3. The average molecular weight is 408 g/mol. The van der Waals surface area contributed by atoms with Crippen molar-refractivity contribution >= 4 is 28.7 Å². The number of nitrogens with zero attached hydrogens (tertiary/aromatic N) is 4. The number of carbonyl (C=O) groups is 1. The molecule has 11 heteroatoms. The molecule has 0 aliphatic carbocycles. The molecule has 0 spiro atoms. The molecule has 4 rings (SSSR count). The van der Waals surface area contributed by atoms with Gasteiger partial charge in [0.1, 0.15) is 17.2 Å². The van der Waals surface area contributed by atoms with E-state index in [0.29, 0.717) is 49.0 Å². The predicted octanol–water partition coefficient (Wildman–Crippen LogP) is 2.54. The molecule has 1 fully saturated rings. The normalized spacial score (nSPS) is 15.2. The zero-order valence-corrected chi connectivity index (χ0v) is 15.0. The summed E-state index contributed by atoms with van der Waals surface area (Å²) in [6.45, 7) is 2.03. The van der Waals surface area contributed by atoms with E-state index in [1.165, 1.54) is 12.1 Å². The van der Waals surface area contributed by atoms with Gasteiger partial charge in [-0.3, -0.25) is 4.79 Å². The van der Waals surface area contributed by atoms with Gasteiger partial charge in [0.25, 0.3) is 5.91 Å². The predicted molar refractivity (Wildman–Crippen MR) is 98.2 cm³/mol. The van der Waals surface area contributed by atoms with Crippen LogP contribution in [0.4, 0.5) is 29.3 Å². The third-order valence-corrected chi connectivity index (χ3v) is 4.78. The lowest BCUT2D eigenvalue weighted by atomic mass is 10.1. The summed E-state index contributed by atoms with van der Waals surface area (Å²) in [6, 6.07) is 4.64. The number of H-pyrrole nitrogens is 1. The van der Waals surface area contributed by atoms with Gasteiger partial charge in [0.05, 0.1) is 16.6 Å². The van der Waals surface area contributed by atoms with Crippen molar-refractivity contribution in [2.45, 2.75) is 6.18 Å². The number of amides is 1. The third kappa shape index (κ3) is 3.67. The maximum atomic E-state index is 13.7. The van der Waals surface area contributed by atoms with E-state index in [1.54, 1.807) is 0 Å². The Balaban J connectivity index is 1.50. The third-order valence-electron chi connectivity index (χ3n) is 4.78. The van der Waals surface area contributed by atoms with E-state index in [2.05, 4.69) is 15.0 Å². The summed E-state index contributed by atoms with van der Waals surface area (Å²) >= 11 is 0. The number of pyridine rings is 1. The Kier molecular flexibility index (Phi) is 4.52. The number of imidazole rings is 1. The number of alkyl halides is 3. The topological polar surface area (TPSA) is 91.1 Å². The Morgan fingerprint density at radius 3 is 2.38 bits per heavy atom. The molecule has 0 unspecified atom stereocenters. The van der Waals surface area contributed by atoms with Crippen LogP contribution >= 0.6 is 0 Å². The summed E-state index contributed by atoms with van der Waals surface area (Å²) < 4.78 is 51.7. The summed E-state index contributed by atoms with van der Waals surface area (Å²) in [5, 5.41) is 0. The van der Waals surface area contributed by atoms with Crippen LogP contribution in [0.3, 0.4) is 0 Å². The van der Waals surface area contributed by atoms with Crippen molar-refractivity contribution in [3.05, 3.63) is 47.4 Å². The highest BCUT2D eigenvalue weighted by molar-refractivity contribution is 6.04. The second-order valence-corrected chi connectivity index (χ2v) is 6.65. The summed E-state index contributed by atoms with van der Waals surface area (Å²) in [5.41, 5.74) is 5.16. The maximum absolute atomic E-state index is 13.7. The zero-order valence-electron chi connectivity index (χ0n) is 15.0. The molecule has 152 valence electrons. The summed E-state index contributed by atoms with van der Waals surface area (Å²) in [7, 11) is 0. The van der Waals surface area contributed by atoms with Crippen LogP contribution in [0.15, 0.2) is 30.5 Å². The molecule has 3 N–H and O–H groups in total. The minimum absolute atomic E-state index is 0.00455. The van der Waals surface area contributed by atoms with Gasteiger partial charge in [0.15, 0.2) is 0 Å². The number of anilines is 2. The lowest BCUT2D eigenvalue weighted by Gasteiger charge is -2.35. The van der Waals surface area contributed by atoms with Crippen LogP contribution in [0.5, 0.6) is 0 Å².